The maximum atomic E-state index is 13.2. The van der Waals surface area contributed by atoms with E-state index in [2.05, 4.69) is 63.0 Å². The maximum absolute atomic E-state index is 13.2. The number of aromatic nitrogens is 3. The lowest BCUT2D eigenvalue weighted by atomic mass is 9.96. The fraction of sp³-hybridized carbons (Fsp3) is 0.241. The minimum atomic E-state index is -0.349. The van der Waals surface area contributed by atoms with E-state index >= 15 is 0 Å². The highest BCUT2D eigenvalue weighted by atomic mass is 32.1. The lowest BCUT2D eigenvalue weighted by Gasteiger charge is -2.28. The smallest absolute Gasteiger partial charge is 0.226 e. The number of nitrogens with zero attached hydrogens (tertiary/aromatic N) is 4. The number of carbonyl (C=O) groups is 1. The molecule has 4 heterocycles. The molecule has 7 nitrogen and oxygen atoms in total. The molecule has 1 fully saturated rings. The van der Waals surface area contributed by atoms with E-state index in [1.54, 1.807) is 18.3 Å². The third-order valence-corrected chi connectivity index (χ3v) is 7.18. The normalized spacial score (nSPS) is 16.9. The van der Waals surface area contributed by atoms with Crippen LogP contribution in [0.4, 0.5) is 10.1 Å². The van der Waals surface area contributed by atoms with Crippen LogP contribution in [-0.4, -0.2) is 37.0 Å². The van der Waals surface area contributed by atoms with Crippen molar-refractivity contribution in [3.63, 3.8) is 0 Å². The molecule has 2 unspecified atom stereocenters. The Kier molecular flexibility index (Phi) is 7.20. The molecule has 1 aliphatic heterocycles. The molecule has 38 heavy (non-hydrogen) atoms. The van der Waals surface area contributed by atoms with Crippen molar-refractivity contribution in [3.8, 4) is 5.82 Å². The number of aryl methyl sites for hydroxylation is 2. The number of carbonyl (C=O) groups excluding carboxylic acids is 1. The van der Waals surface area contributed by atoms with Crippen molar-refractivity contribution in [1.29, 1.82) is 0 Å². The van der Waals surface area contributed by atoms with Crippen molar-refractivity contribution < 1.29 is 9.18 Å². The number of rotatable bonds is 7. The molecule has 2 N–H and O–H groups in total. The minimum absolute atomic E-state index is 0.172. The van der Waals surface area contributed by atoms with Crippen molar-refractivity contribution in [2.75, 3.05) is 11.9 Å². The summed E-state index contributed by atoms with van der Waals surface area (Å²) in [5, 5.41) is 6.85. The van der Waals surface area contributed by atoms with E-state index in [9.17, 15) is 9.18 Å². The van der Waals surface area contributed by atoms with E-state index in [0.29, 0.717) is 17.3 Å². The third-order valence-electron chi connectivity index (χ3n) is 6.82. The molecule has 2 atom stereocenters. The van der Waals surface area contributed by atoms with Gasteiger partial charge in [-0.25, -0.2) is 9.37 Å². The molecule has 4 aromatic rings. The highest BCUT2D eigenvalue weighted by Gasteiger charge is 2.41. The van der Waals surface area contributed by atoms with Gasteiger partial charge in [0.1, 0.15) is 11.6 Å². The molecule has 0 saturated carbocycles. The first-order valence-corrected chi connectivity index (χ1v) is 12.9. The summed E-state index contributed by atoms with van der Waals surface area (Å²) >= 11 is 5.78. The lowest BCUT2D eigenvalue weighted by molar-refractivity contribution is -0.116. The van der Waals surface area contributed by atoms with Crippen LogP contribution in [0.2, 0.25) is 0 Å². The second-order valence-corrected chi connectivity index (χ2v) is 9.87. The molecule has 0 spiro atoms. The Morgan fingerprint density at radius 1 is 1.05 bits per heavy atom. The van der Waals surface area contributed by atoms with Crippen molar-refractivity contribution >= 4 is 28.9 Å². The molecular formula is C29H29FN6OS. The van der Waals surface area contributed by atoms with Gasteiger partial charge >= 0.3 is 0 Å². The highest BCUT2D eigenvalue weighted by molar-refractivity contribution is 7.80. The molecule has 1 amide bonds. The number of hydrogen-bond donors (Lipinski definition) is 2. The van der Waals surface area contributed by atoms with Crippen LogP contribution in [0, 0.1) is 26.6 Å². The van der Waals surface area contributed by atoms with Crippen LogP contribution in [0.5, 0.6) is 0 Å². The van der Waals surface area contributed by atoms with Gasteiger partial charge < -0.3 is 20.1 Å². The number of pyridine rings is 2. The molecule has 1 aliphatic rings. The Morgan fingerprint density at radius 2 is 1.84 bits per heavy atom. The van der Waals surface area contributed by atoms with Gasteiger partial charge in [-0.05, 0) is 98.7 Å². The zero-order valence-electron chi connectivity index (χ0n) is 21.5. The fourth-order valence-electron chi connectivity index (χ4n) is 5.05. The van der Waals surface area contributed by atoms with Gasteiger partial charge in [0, 0.05) is 42.4 Å². The van der Waals surface area contributed by atoms with Crippen LogP contribution >= 0.6 is 12.2 Å². The Hall–Kier alpha value is -4.11. The summed E-state index contributed by atoms with van der Waals surface area (Å²) in [7, 11) is 0. The van der Waals surface area contributed by atoms with Crippen molar-refractivity contribution in [2.24, 2.45) is 0 Å². The maximum Gasteiger partial charge on any atom is 0.226 e. The van der Waals surface area contributed by atoms with Crippen LogP contribution in [-0.2, 0) is 4.79 Å². The van der Waals surface area contributed by atoms with E-state index in [-0.39, 0.29) is 30.2 Å². The van der Waals surface area contributed by atoms with E-state index in [1.807, 2.05) is 30.5 Å². The van der Waals surface area contributed by atoms with Gasteiger partial charge in [0.25, 0.3) is 0 Å². The summed E-state index contributed by atoms with van der Waals surface area (Å²) in [6, 6.07) is 17.4. The van der Waals surface area contributed by atoms with Gasteiger partial charge in [0.15, 0.2) is 5.11 Å². The Bertz CT molecular complexity index is 1470. The number of benzene rings is 1. The average Bonchev–Trinajstić information content (AvgIpc) is 3.39. The van der Waals surface area contributed by atoms with E-state index in [4.69, 9.17) is 12.2 Å². The average molecular weight is 529 g/mol. The lowest BCUT2D eigenvalue weighted by Crippen LogP contribution is -2.32. The van der Waals surface area contributed by atoms with Gasteiger partial charge in [0.2, 0.25) is 5.91 Å². The summed E-state index contributed by atoms with van der Waals surface area (Å²) < 4.78 is 15.4. The zero-order valence-corrected chi connectivity index (χ0v) is 22.3. The summed E-state index contributed by atoms with van der Waals surface area (Å²) in [5.41, 5.74) is 5.76. The first-order chi connectivity index (χ1) is 18.3. The summed E-state index contributed by atoms with van der Waals surface area (Å²) in [6.45, 7) is 6.61. The van der Waals surface area contributed by atoms with Crippen LogP contribution in [0.1, 0.15) is 46.7 Å². The molecule has 0 aliphatic carbocycles. The first-order valence-electron chi connectivity index (χ1n) is 12.5. The first kappa shape index (κ1) is 25.5. The largest absolute Gasteiger partial charge is 0.352 e. The van der Waals surface area contributed by atoms with E-state index in [0.717, 1.165) is 34.0 Å². The minimum Gasteiger partial charge on any atom is -0.352 e. The Balaban J connectivity index is 1.46. The monoisotopic (exact) mass is 528 g/mol. The van der Waals surface area contributed by atoms with Crippen LogP contribution < -0.4 is 10.6 Å². The molecule has 1 aromatic carbocycles. The zero-order chi connectivity index (χ0) is 26.8. The molecule has 194 valence electrons. The molecule has 0 bridgehead atoms. The van der Waals surface area contributed by atoms with Crippen molar-refractivity contribution in [2.45, 2.75) is 39.3 Å². The van der Waals surface area contributed by atoms with Gasteiger partial charge in [-0.3, -0.25) is 9.78 Å². The number of nitrogens with one attached hydrogen (secondary N) is 2. The van der Waals surface area contributed by atoms with Gasteiger partial charge in [-0.15, -0.1) is 0 Å². The number of amides is 1. The standard InChI is InChI=1S/C29H29FN6OS/c1-18-11-14-32-25(16-18)36-19(2)17-23(20(36)3)28-27(24-6-4-5-13-31-24)34-29(38)35(28)15-12-26(37)33-22-9-7-21(30)8-10-22/h4-11,13-14,16-17,27-28H,12,15H2,1-3H3,(H,33,37)(H,34,38). The summed E-state index contributed by atoms with van der Waals surface area (Å²) in [6.07, 6.45) is 3.80. The molecule has 5 rings (SSSR count). The second kappa shape index (κ2) is 10.7. The van der Waals surface area contributed by atoms with Gasteiger partial charge in [0.05, 0.1) is 17.8 Å². The van der Waals surface area contributed by atoms with Crippen LogP contribution in [0.3, 0.4) is 0 Å². The quantitative estimate of drug-likeness (QED) is 0.316. The Labute approximate surface area is 226 Å². The predicted octanol–water partition coefficient (Wildman–Crippen LogP) is 5.33. The SMILES string of the molecule is Cc1ccnc(-n2c(C)cc(C3C(c4ccccn4)NC(=S)N3CCC(=O)Nc3ccc(F)cc3)c2C)c1. The summed E-state index contributed by atoms with van der Waals surface area (Å²) in [4.78, 5) is 24.1. The number of halogens is 1. The number of anilines is 1. The Morgan fingerprint density at radius 3 is 2.55 bits per heavy atom. The van der Waals surface area contributed by atoms with Crippen LogP contribution in [0.25, 0.3) is 5.82 Å². The van der Waals surface area contributed by atoms with Gasteiger partial charge in [-0.2, -0.15) is 0 Å². The topological polar surface area (TPSA) is 75.1 Å². The van der Waals surface area contributed by atoms with Crippen molar-refractivity contribution in [3.05, 3.63) is 107 Å². The molecule has 3 aromatic heterocycles. The molecule has 1 saturated heterocycles. The molecule has 0 radical (unpaired) electrons. The molecule has 9 heteroatoms. The van der Waals surface area contributed by atoms with Crippen molar-refractivity contribution in [1.82, 2.24) is 24.8 Å². The predicted molar refractivity (Wildman–Crippen MR) is 150 cm³/mol. The summed E-state index contributed by atoms with van der Waals surface area (Å²) in [5.74, 6) is 0.339. The second-order valence-electron chi connectivity index (χ2n) is 9.48. The third kappa shape index (κ3) is 5.15. The highest BCUT2D eigenvalue weighted by Crippen LogP contribution is 2.41. The number of thiocarbonyl (C=S) groups is 1. The fourth-order valence-corrected chi connectivity index (χ4v) is 5.38. The van der Waals surface area contributed by atoms with Crippen LogP contribution in [0.15, 0.2) is 73.1 Å². The number of hydrogen-bond acceptors (Lipinski definition) is 4. The van der Waals surface area contributed by atoms with E-state index in [1.165, 1.54) is 12.1 Å². The molecular weight excluding hydrogens is 499 g/mol. The van der Waals surface area contributed by atoms with Gasteiger partial charge in [-0.1, -0.05) is 6.07 Å². The van der Waals surface area contributed by atoms with E-state index < -0.39 is 0 Å².